The van der Waals surface area contributed by atoms with Gasteiger partial charge in [-0.15, -0.1) is 0 Å². The molecule has 2 aromatic carbocycles. The lowest BCUT2D eigenvalue weighted by molar-refractivity contribution is 0.449. The van der Waals surface area contributed by atoms with Crippen molar-refractivity contribution in [1.29, 1.82) is 0 Å². The predicted octanol–water partition coefficient (Wildman–Crippen LogP) is 1.12. The van der Waals surface area contributed by atoms with Crippen LogP contribution in [-0.2, 0) is 0 Å². The first-order valence-corrected chi connectivity index (χ1v) is 7.41. The molecule has 0 bridgehead atoms. The number of fused-ring (bicyclic) bond motifs is 2. The number of benzene rings is 2. The second-order valence-corrected chi connectivity index (χ2v) is 6.52. The van der Waals surface area contributed by atoms with Gasteiger partial charge in [0, 0.05) is 6.42 Å². The fourth-order valence-corrected chi connectivity index (χ4v) is 3.61. The number of para-hydroxylation sites is 2. The molecule has 4 rings (SSSR count). The van der Waals surface area contributed by atoms with Gasteiger partial charge in [0.05, 0.1) is 21.8 Å². The standard InChI is InChI=1S/C19H18N2/c1-18(11-14-7-3-5-9-16(14)20-18)13-19(2)12-15-8-4-6-10-17(15)21-19/h3-12H,13H2,1-2H3. The molecule has 21 heavy (non-hydrogen) atoms. The highest BCUT2D eigenvalue weighted by atomic mass is 14.9. The number of nitrogens with zero attached hydrogens (tertiary/aromatic N) is 2. The summed E-state index contributed by atoms with van der Waals surface area (Å²) < 4.78 is 0. The Balaban J connectivity index is 1.75. The lowest BCUT2D eigenvalue weighted by Gasteiger charge is -2.28. The summed E-state index contributed by atoms with van der Waals surface area (Å²) in [5.41, 5.74) is -0.360. The van der Waals surface area contributed by atoms with Crippen molar-refractivity contribution < 1.29 is 0 Å². The molecule has 104 valence electrons. The Morgan fingerprint density at radius 3 is 1.57 bits per heavy atom. The second-order valence-electron chi connectivity index (χ2n) is 6.52. The lowest BCUT2D eigenvalue weighted by Crippen LogP contribution is -2.30. The van der Waals surface area contributed by atoms with Crippen molar-refractivity contribution >= 4 is 12.2 Å². The minimum absolute atomic E-state index is 0.180. The summed E-state index contributed by atoms with van der Waals surface area (Å²) >= 11 is 0. The Hall–Kier alpha value is -2.22. The zero-order valence-electron chi connectivity index (χ0n) is 12.4. The molecule has 0 spiro atoms. The highest BCUT2D eigenvalue weighted by Gasteiger charge is 2.34. The van der Waals surface area contributed by atoms with Crippen LogP contribution in [0.1, 0.15) is 20.3 Å². The Morgan fingerprint density at radius 1 is 0.714 bits per heavy atom. The van der Waals surface area contributed by atoms with E-state index in [1.807, 2.05) is 12.1 Å². The quantitative estimate of drug-likeness (QED) is 0.784. The Morgan fingerprint density at radius 2 is 1.14 bits per heavy atom. The van der Waals surface area contributed by atoms with E-state index in [1.54, 1.807) is 0 Å². The normalized spacial score (nSPS) is 28.7. The van der Waals surface area contributed by atoms with Crippen LogP contribution < -0.4 is 21.2 Å². The third-order valence-electron chi connectivity index (χ3n) is 4.27. The maximum atomic E-state index is 4.92. The van der Waals surface area contributed by atoms with Gasteiger partial charge < -0.3 is 0 Å². The lowest BCUT2D eigenvalue weighted by atomic mass is 9.85. The molecule has 2 aromatic rings. The maximum Gasteiger partial charge on any atom is 0.0802 e. The van der Waals surface area contributed by atoms with Crippen LogP contribution >= 0.6 is 0 Å². The third-order valence-corrected chi connectivity index (χ3v) is 4.27. The number of rotatable bonds is 2. The van der Waals surface area contributed by atoms with Gasteiger partial charge in [-0.1, -0.05) is 36.4 Å². The first-order valence-electron chi connectivity index (χ1n) is 7.41. The Bertz CT molecular complexity index is 804. The van der Waals surface area contributed by atoms with Crippen molar-refractivity contribution in [3.63, 3.8) is 0 Å². The zero-order valence-corrected chi connectivity index (χ0v) is 12.4. The summed E-state index contributed by atoms with van der Waals surface area (Å²) in [7, 11) is 0. The molecule has 2 aliphatic heterocycles. The van der Waals surface area contributed by atoms with Crippen molar-refractivity contribution in [2.75, 3.05) is 0 Å². The van der Waals surface area contributed by atoms with E-state index in [2.05, 4.69) is 62.4 Å². The average Bonchev–Trinajstić information content (AvgIpc) is 2.92. The van der Waals surface area contributed by atoms with Gasteiger partial charge in [0.25, 0.3) is 0 Å². The monoisotopic (exact) mass is 274 g/mol. The molecule has 0 fully saturated rings. The highest BCUT2D eigenvalue weighted by molar-refractivity contribution is 5.47. The second kappa shape index (κ2) is 4.14. The van der Waals surface area contributed by atoms with Gasteiger partial charge in [-0.2, -0.15) is 0 Å². The van der Waals surface area contributed by atoms with Crippen molar-refractivity contribution in [2.45, 2.75) is 31.3 Å². The first kappa shape index (κ1) is 12.5. The van der Waals surface area contributed by atoms with Crippen LogP contribution in [0.3, 0.4) is 0 Å². The largest absolute Gasteiger partial charge is 0.274 e. The SMILES string of the molecule is CC1(CC2(C)C=c3ccccc3=N2)C=c2ccccc2=N1. The molecule has 0 aliphatic carbocycles. The fourth-order valence-electron chi connectivity index (χ4n) is 3.61. The van der Waals surface area contributed by atoms with E-state index in [0.29, 0.717) is 0 Å². The van der Waals surface area contributed by atoms with Crippen molar-refractivity contribution in [3.05, 3.63) is 69.7 Å². The maximum absolute atomic E-state index is 4.92. The van der Waals surface area contributed by atoms with Crippen LogP contribution in [0, 0.1) is 0 Å². The topological polar surface area (TPSA) is 24.7 Å². The zero-order chi connectivity index (χ0) is 14.5. The molecular formula is C19H18N2. The first-order chi connectivity index (χ1) is 10.1. The van der Waals surface area contributed by atoms with Crippen molar-refractivity contribution in [1.82, 2.24) is 0 Å². The van der Waals surface area contributed by atoms with Gasteiger partial charge in [-0.3, -0.25) is 9.98 Å². The molecule has 2 aliphatic rings. The van der Waals surface area contributed by atoms with Crippen molar-refractivity contribution in [3.8, 4) is 0 Å². The van der Waals surface area contributed by atoms with E-state index in [-0.39, 0.29) is 11.1 Å². The summed E-state index contributed by atoms with van der Waals surface area (Å²) in [6, 6.07) is 16.7. The van der Waals surface area contributed by atoms with Gasteiger partial charge in [-0.05, 0) is 48.6 Å². The van der Waals surface area contributed by atoms with E-state index in [9.17, 15) is 0 Å². The molecule has 2 heteroatoms. The van der Waals surface area contributed by atoms with E-state index in [1.165, 1.54) is 10.4 Å². The van der Waals surface area contributed by atoms with Crippen LogP contribution in [0.15, 0.2) is 58.5 Å². The molecule has 2 heterocycles. The van der Waals surface area contributed by atoms with Gasteiger partial charge in [-0.25, -0.2) is 0 Å². The van der Waals surface area contributed by atoms with Crippen LogP contribution in [0.25, 0.3) is 12.2 Å². The van der Waals surface area contributed by atoms with E-state index >= 15 is 0 Å². The third kappa shape index (κ3) is 2.11. The van der Waals surface area contributed by atoms with Gasteiger partial charge in [0.2, 0.25) is 0 Å². The van der Waals surface area contributed by atoms with Crippen LogP contribution in [0.2, 0.25) is 0 Å². The highest BCUT2D eigenvalue weighted by Crippen LogP contribution is 2.30. The molecule has 0 aromatic heterocycles. The summed E-state index contributed by atoms with van der Waals surface area (Å²) in [6.07, 6.45) is 5.45. The van der Waals surface area contributed by atoms with E-state index < -0.39 is 0 Å². The average molecular weight is 274 g/mol. The fraction of sp³-hybridized carbons (Fsp3) is 0.263. The van der Waals surface area contributed by atoms with Gasteiger partial charge in [0.15, 0.2) is 0 Å². The molecule has 2 atom stereocenters. The smallest absolute Gasteiger partial charge is 0.0802 e. The van der Waals surface area contributed by atoms with Crippen molar-refractivity contribution in [2.24, 2.45) is 9.98 Å². The molecule has 2 nitrogen and oxygen atoms in total. The molecule has 0 saturated heterocycles. The molecule has 0 saturated carbocycles. The summed E-state index contributed by atoms with van der Waals surface area (Å²) in [6.45, 7) is 4.40. The predicted molar refractivity (Wildman–Crippen MR) is 84.8 cm³/mol. The van der Waals surface area contributed by atoms with Crippen LogP contribution in [0.5, 0.6) is 0 Å². The van der Waals surface area contributed by atoms with Gasteiger partial charge >= 0.3 is 0 Å². The summed E-state index contributed by atoms with van der Waals surface area (Å²) in [4.78, 5) is 9.84. The Labute approximate surface area is 123 Å². The van der Waals surface area contributed by atoms with E-state index in [4.69, 9.17) is 9.98 Å². The van der Waals surface area contributed by atoms with Crippen LogP contribution in [-0.4, -0.2) is 11.1 Å². The van der Waals surface area contributed by atoms with E-state index in [0.717, 1.165) is 17.1 Å². The molecule has 0 radical (unpaired) electrons. The molecule has 0 amide bonds. The van der Waals surface area contributed by atoms with Gasteiger partial charge in [0.1, 0.15) is 0 Å². The minimum atomic E-state index is -0.180. The summed E-state index contributed by atoms with van der Waals surface area (Å²) in [5.74, 6) is 0. The Kier molecular flexibility index (Phi) is 2.47. The molecular weight excluding hydrogens is 256 g/mol. The molecule has 2 unspecified atom stereocenters. The number of hydrogen-bond donors (Lipinski definition) is 0. The molecule has 0 N–H and O–H groups in total. The van der Waals surface area contributed by atoms with Crippen LogP contribution in [0.4, 0.5) is 0 Å². The number of hydrogen-bond acceptors (Lipinski definition) is 2. The minimum Gasteiger partial charge on any atom is -0.274 e. The summed E-state index contributed by atoms with van der Waals surface area (Å²) in [5, 5.41) is 4.66.